The zero-order valence-corrected chi connectivity index (χ0v) is 15.5. The second-order valence-corrected chi connectivity index (χ2v) is 7.33. The second kappa shape index (κ2) is 8.92. The Kier molecular flexibility index (Phi) is 7.56. The standard InChI is InChI=1S/C19H32N2O2/c1-15(2)17-10-8-16(9-11-17)14-20-12-7-13-21(6)18(22)23-19(3,4)5/h8-11,15,20H,7,12-14H2,1-6H3. The van der Waals surface area contributed by atoms with E-state index in [4.69, 9.17) is 4.74 Å². The highest BCUT2D eigenvalue weighted by Crippen LogP contribution is 2.14. The summed E-state index contributed by atoms with van der Waals surface area (Å²) in [6.45, 7) is 12.5. The van der Waals surface area contributed by atoms with Gasteiger partial charge >= 0.3 is 6.09 Å². The molecule has 0 radical (unpaired) electrons. The Balaban J connectivity index is 2.21. The van der Waals surface area contributed by atoms with Crippen molar-refractivity contribution in [3.05, 3.63) is 35.4 Å². The van der Waals surface area contributed by atoms with E-state index < -0.39 is 5.60 Å². The van der Waals surface area contributed by atoms with Crippen molar-refractivity contribution in [2.75, 3.05) is 20.1 Å². The molecule has 1 rings (SSSR count). The van der Waals surface area contributed by atoms with Crippen molar-refractivity contribution in [2.24, 2.45) is 0 Å². The van der Waals surface area contributed by atoms with E-state index in [0.29, 0.717) is 12.5 Å². The Morgan fingerprint density at radius 3 is 2.35 bits per heavy atom. The van der Waals surface area contributed by atoms with Gasteiger partial charge in [-0.2, -0.15) is 0 Å². The predicted octanol–water partition coefficient (Wildman–Crippen LogP) is 4.16. The summed E-state index contributed by atoms with van der Waals surface area (Å²) in [4.78, 5) is 13.4. The van der Waals surface area contributed by atoms with Gasteiger partial charge in [-0.05, 0) is 50.8 Å². The van der Waals surface area contributed by atoms with Gasteiger partial charge in [0.25, 0.3) is 0 Å². The predicted molar refractivity (Wildman–Crippen MR) is 95.7 cm³/mol. The fourth-order valence-electron chi connectivity index (χ4n) is 2.13. The summed E-state index contributed by atoms with van der Waals surface area (Å²) in [5, 5.41) is 3.41. The molecule has 130 valence electrons. The smallest absolute Gasteiger partial charge is 0.410 e. The molecule has 4 nitrogen and oxygen atoms in total. The van der Waals surface area contributed by atoms with Crippen molar-refractivity contribution in [1.29, 1.82) is 0 Å². The summed E-state index contributed by atoms with van der Waals surface area (Å²) in [6.07, 6.45) is 0.640. The highest BCUT2D eigenvalue weighted by atomic mass is 16.6. The van der Waals surface area contributed by atoms with Gasteiger partial charge < -0.3 is 15.0 Å². The van der Waals surface area contributed by atoms with Crippen molar-refractivity contribution in [1.82, 2.24) is 10.2 Å². The molecule has 0 atom stereocenters. The number of amides is 1. The molecule has 4 heteroatoms. The molecule has 0 saturated heterocycles. The van der Waals surface area contributed by atoms with Crippen LogP contribution in [0, 0.1) is 0 Å². The third-order valence-electron chi connectivity index (χ3n) is 3.53. The van der Waals surface area contributed by atoms with Crippen LogP contribution in [0.25, 0.3) is 0 Å². The first-order valence-electron chi connectivity index (χ1n) is 8.42. The molecular weight excluding hydrogens is 288 g/mol. The lowest BCUT2D eigenvalue weighted by Gasteiger charge is -2.24. The summed E-state index contributed by atoms with van der Waals surface area (Å²) < 4.78 is 5.32. The number of benzene rings is 1. The maximum absolute atomic E-state index is 11.8. The number of carbonyl (C=O) groups is 1. The lowest BCUT2D eigenvalue weighted by Crippen LogP contribution is -2.35. The molecule has 0 bridgehead atoms. The van der Waals surface area contributed by atoms with Crippen LogP contribution in [-0.2, 0) is 11.3 Å². The Labute approximate surface area is 141 Å². The minimum Gasteiger partial charge on any atom is -0.444 e. The fraction of sp³-hybridized carbons (Fsp3) is 0.632. The topological polar surface area (TPSA) is 41.6 Å². The van der Waals surface area contributed by atoms with E-state index in [0.717, 1.165) is 19.5 Å². The van der Waals surface area contributed by atoms with Crippen molar-refractivity contribution < 1.29 is 9.53 Å². The van der Waals surface area contributed by atoms with E-state index in [1.54, 1.807) is 11.9 Å². The first kappa shape index (κ1) is 19.5. The lowest BCUT2D eigenvalue weighted by atomic mass is 10.0. The number of ether oxygens (including phenoxy) is 1. The first-order chi connectivity index (χ1) is 10.7. The molecule has 1 N–H and O–H groups in total. The second-order valence-electron chi connectivity index (χ2n) is 7.33. The van der Waals surface area contributed by atoms with Gasteiger partial charge in [0.2, 0.25) is 0 Å². The van der Waals surface area contributed by atoms with Crippen LogP contribution in [0.1, 0.15) is 58.1 Å². The summed E-state index contributed by atoms with van der Waals surface area (Å²) in [5.41, 5.74) is 2.22. The van der Waals surface area contributed by atoms with E-state index in [1.165, 1.54) is 11.1 Å². The van der Waals surface area contributed by atoms with Crippen LogP contribution in [0.3, 0.4) is 0 Å². The highest BCUT2D eigenvalue weighted by molar-refractivity contribution is 5.67. The van der Waals surface area contributed by atoms with Gasteiger partial charge in [0.1, 0.15) is 5.60 Å². The summed E-state index contributed by atoms with van der Waals surface area (Å²) in [7, 11) is 1.78. The summed E-state index contributed by atoms with van der Waals surface area (Å²) in [5.74, 6) is 0.570. The average molecular weight is 320 g/mol. The van der Waals surface area contributed by atoms with Crippen molar-refractivity contribution in [2.45, 2.75) is 59.1 Å². The van der Waals surface area contributed by atoms with Crippen molar-refractivity contribution in [3.8, 4) is 0 Å². The summed E-state index contributed by atoms with van der Waals surface area (Å²) >= 11 is 0. The molecule has 1 aromatic carbocycles. The maximum Gasteiger partial charge on any atom is 0.410 e. The van der Waals surface area contributed by atoms with Gasteiger partial charge in [0, 0.05) is 20.1 Å². The van der Waals surface area contributed by atoms with Crippen molar-refractivity contribution >= 4 is 6.09 Å². The van der Waals surface area contributed by atoms with Crippen LogP contribution in [-0.4, -0.2) is 36.7 Å². The molecular formula is C19H32N2O2. The molecule has 0 aromatic heterocycles. The minimum absolute atomic E-state index is 0.262. The molecule has 0 fully saturated rings. The molecule has 0 heterocycles. The largest absolute Gasteiger partial charge is 0.444 e. The van der Waals surface area contributed by atoms with E-state index in [-0.39, 0.29) is 6.09 Å². The Bertz CT molecular complexity index is 475. The number of carbonyl (C=O) groups excluding carboxylic acids is 1. The zero-order valence-electron chi connectivity index (χ0n) is 15.5. The van der Waals surface area contributed by atoms with Crippen LogP contribution in [0.2, 0.25) is 0 Å². The van der Waals surface area contributed by atoms with E-state index in [9.17, 15) is 4.79 Å². The molecule has 0 aliphatic heterocycles. The molecule has 0 saturated carbocycles. The Morgan fingerprint density at radius 1 is 1.22 bits per heavy atom. The number of hydrogen-bond donors (Lipinski definition) is 1. The Hall–Kier alpha value is -1.55. The molecule has 0 aliphatic carbocycles. The molecule has 0 aliphatic rings. The van der Waals surface area contributed by atoms with Crippen molar-refractivity contribution in [3.63, 3.8) is 0 Å². The first-order valence-corrected chi connectivity index (χ1v) is 8.42. The number of nitrogens with one attached hydrogen (secondary N) is 1. The van der Waals surface area contributed by atoms with Gasteiger partial charge in [0.05, 0.1) is 0 Å². The molecule has 0 spiro atoms. The molecule has 1 amide bonds. The van der Waals surface area contributed by atoms with Crippen LogP contribution in [0.5, 0.6) is 0 Å². The van der Waals surface area contributed by atoms with E-state index >= 15 is 0 Å². The highest BCUT2D eigenvalue weighted by Gasteiger charge is 2.18. The molecule has 23 heavy (non-hydrogen) atoms. The van der Waals surface area contributed by atoms with Crippen LogP contribution in [0.15, 0.2) is 24.3 Å². The minimum atomic E-state index is -0.439. The molecule has 1 aromatic rings. The SMILES string of the molecule is CC(C)c1ccc(CNCCCN(C)C(=O)OC(C)(C)C)cc1. The van der Waals surface area contributed by atoms with Gasteiger partial charge in [-0.15, -0.1) is 0 Å². The molecule has 0 unspecified atom stereocenters. The number of hydrogen-bond acceptors (Lipinski definition) is 3. The van der Waals surface area contributed by atoms with E-state index in [1.807, 2.05) is 20.8 Å². The van der Waals surface area contributed by atoms with Crippen LogP contribution >= 0.6 is 0 Å². The average Bonchev–Trinajstić information content (AvgIpc) is 2.45. The van der Waals surface area contributed by atoms with E-state index in [2.05, 4.69) is 43.4 Å². The van der Waals surface area contributed by atoms with Gasteiger partial charge in [-0.1, -0.05) is 38.1 Å². The zero-order chi connectivity index (χ0) is 17.5. The monoisotopic (exact) mass is 320 g/mol. The van der Waals surface area contributed by atoms with Gasteiger partial charge in [-0.3, -0.25) is 0 Å². The normalized spacial score (nSPS) is 11.6. The quantitative estimate of drug-likeness (QED) is 0.767. The number of rotatable bonds is 7. The van der Waals surface area contributed by atoms with Crippen LogP contribution in [0.4, 0.5) is 4.79 Å². The van der Waals surface area contributed by atoms with Crippen LogP contribution < -0.4 is 5.32 Å². The fourth-order valence-corrected chi connectivity index (χ4v) is 2.13. The maximum atomic E-state index is 11.8. The summed E-state index contributed by atoms with van der Waals surface area (Å²) in [6, 6.07) is 8.74. The van der Waals surface area contributed by atoms with Gasteiger partial charge in [-0.25, -0.2) is 4.79 Å². The Morgan fingerprint density at radius 2 is 1.83 bits per heavy atom. The number of nitrogens with zero attached hydrogens (tertiary/aromatic N) is 1. The third-order valence-corrected chi connectivity index (χ3v) is 3.53. The van der Waals surface area contributed by atoms with Gasteiger partial charge in [0.15, 0.2) is 0 Å². The third kappa shape index (κ3) is 8.03. The lowest BCUT2D eigenvalue weighted by molar-refractivity contribution is 0.0297.